The average Bonchev–Trinajstić information content (AvgIpc) is 2.33. The summed E-state index contributed by atoms with van der Waals surface area (Å²) in [5.41, 5.74) is 0.986. The van der Waals surface area contributed by atoms with Gasteiger partial charge < -0.3 is 4.42 Å². The van der Waals surface area contributed by atoms with Crippen molar-refractivity contribution in [2.75, 3.05) is 0 Å². The van der Waals surface area contributed by atoms with Crippen LogP contribution in [0.15, 0.2) is 34.9 Å². The van der Waals surface area contributed by atoms with Crippen LogP contribution < -0.4 is 5.19 Å². The van der Waals surface area contributed by atoms with Gasteiger partial charge in [0, 0.05) is 15.6 Å². The molecule has 0 unspecified atom stereocenters. The van der Waals surface area contributed by atoms with Crippen molar-refractivity contribution in [2.24, 2.45) is 0 Å². The van der Waals surface area contributed by atoms with Crippen molar-refractivity contribution in [3.63, 3.8) is 0 Å². The molecule has 0 fully saturated rings. The molecule has 0 bridgehead atoms. The number of fused-ring (bicyclic) bond motifs is 1. The SMILES string of the molecule is [SiH3]c1ccc2occc2c1. The standard InChI is InChI=1S/C8H8OSi/c10-7-1-2-8-6(5-7)3-4-9-8/h1-5H,10H3. The number of furan rings is 1. The summed E-state index contributed by atoms with van der Waals surface area (Å²) in [4.78, 5) is 0. The Balaban J connectivity index is 2.86. The summed E-state index contributed by atoms with van der Waals surface area (Å²) in [5.74, 6) is 0. The molecule has 0 atom stereocenters. The molecule has 10 heavy (non-hydrogen) atoms. The molecule has 0 aliphatic rings. The molecule has 1 aromatic heterocycles. The Labute approximate surface area is 62.1 Å². The fraction of sp³-hybridized carbons (Fsp3) is 0. The first kappa shape index (κ1) is 5.74. The predicted molar refractivity (Wildman–Crippen MR) is 45.8 cm³/mol. The van der Waals surface area contributed by atoms with Crippen molar-refractivity contribution < 1.29 is 4.42 Å². The third-order valence-electron chi connectivity index (χ3n) is 1.61. The van der Waals surface area contributed by atoms with E-state index < -0.39 is 0 Å². The van der Waals surface area contributed by atoms with E-state index in [4.69, 9.17) is 4.42 Å². The largest absolute Gasteiger partial charge is 0.464 e. The van der Waals surface area contributed by atoms with E-state index in [-0.39, 0.29) is 0 Å². The zero-order chi connectivity index (χ0) is 6.97. The number of benzene rings is 1. The van der Waals surface area contributed by atoms with Crippen molar-refractivity contribution in [3.05, 3.63) is 30.5 Å². The highest BCUT2D eigenvalue weighted by molar-refractivity contribution is 6.33. The molecule has 2 rings (SSSR count). The van der Waals surface area contributed by atoms with Crippen LogP contribution in [0.1, 0.15) is 0 Å². The highest BCUT2D eigenvalue weighted by Crippen LogP contribution is 2.11. The smallest absolute Gasteiger partial charge is 0.133 e. The maximum atomic E-state index is 5.19. The maximum absolute atomic E-state index is 5.19. The Morgan fingerprint density at radius 2 is 2.10 bits per heavy atom. The van der Waals surface area contributed by atoms with Crippen LogP contribution in [-0.2, 0) is 0 Å². The minimum atomic E-state index is 0.986. The molecule has 1 heterocycles. The van der Waals surface area contributed by atoms with E-state index in [1.165, 1.54) is 10.6 Å². The zero-order valence-corrected chi connectivity index (χ0v) is 7.79. The van der Waals surface area contributed by atoms with E-state index in [9.17, 15) is 0 Å². The minimum Gasteiger partial charge on any atom is -0.464 e. The summed E-state index contributed by atoms with van der Waals surface area (Å²) in [6.07, 6.45) is 1.73. The van der Waals surface area contributed by atoms with Crippen LogP contribution in [0, 0.1) is 0 Å². The first-order valence-corrected chi connectivity index (χ1v) is 4.30. The van der Waals surface area contributed by atoms with Crippen LogP contribution in [-0.4, -0.2) is 10.2 Å². The Kier molecular flexibility index (Phi) is 1.14. The minimum absolute atomic E-state index is 0.986. The second-order valence-corrected chi connectivity index (χ2v) is 3.62. The second kappa shape index (κ2) is 1.99. The fourth-order valence-corrected chi connectivity index (χ4v) is 1.56. The van der Waals surface area contributed by atoms with Gasteiger partial charge in [-0.1, -0.05) is 17.3 Å². The van der Waals surface area contributed by atoms with Gasteiger partial charge in [-0.05, 0) is 12.1 Å². The molecule has 0 N–H and O–H groups in total. The zero-order valence-electron chi connectivity index (χ0n) is 5.79. The molecule has 0 amide bonds. The van der Waals surface area contributed by atoms with Gasteiger partial charge in [0.25, 0.3) is 0 Å². The lowest BCUT2D eigenvalue weighted by Crippen LogP contribution is -1.98. The molecule has 1 nitrogen and oxygen atoms in total. The molecule has 0 radical (unpaired) electrons. The fourth-order valence-electron chi connectivity index (χ4n) is 1.09. The molecule has 2 heteroatoms. The van der Waals surface area contributed by atoms with Gasteiger partial charge in [-0.15, -0.1) is 0 Å². The average molecular weight is 148 g/mol. The lowest BCUT2D eigenvalue weighted by molar-refractivity contribution is 0.616. The maximum Gasteiger partial charge on any atom is 0.133 e. The lowest BCUT2D eigenvalue weighted by atomic mass is 10.3. The van der Waals surface area contributed by atoms with Crippen molar-refractivity contribution in [3.8, 4) is 0 Å². The molecule has 0 saturated heterocycles. The van der Waals surface area contributed by atoms with E-state index in [1.54, 1.807) is 6.26 Å². The molecule has 50 valence electrons. The molecule has 2 aromatic rings. The second-order valence-electron chi connectivity index (χ2n) is 2.46. The van der Waals surface area contributed by atoms with Gasteiger partial charge in [0.05, 0.1) is 6.26 Å². The van der Waals surface area contributed by atoms with Gasteiger partial charge in [-0.25, -0.2) is 0 Å². The summed E-state index contributed by atoms with van der Waals surface area (Å²) in [6.45, 7) is 0. The van der Waals surface area contributed by atoms with Crippen molar-refractivity contribution >= 4 is 26.4 Å². The quantitative estimate of drug-likeness (QED) is 0.494. The number of hydrogen-bond acceptors (Lipinski definition) is 1. The van der Waals surface area contributed by atoms with Crippen molar-refractivity contribution in [1.29, 1.82) is 0 Å². The van der Waals surface area contributed by atoms with E-state index in [2.05, 4.69) is 12.1 Å². The van der Waals surface area contributed by atoms with Gasteiger partial charge in [0.1, 0.15) is 5.58 Å². The molecular formula is C8H8OSi. The predicted octanol–water partition coefficient (Wildman–Crippen LogP) is 0.423. The van der Waals surface area contributed by atoms with Crippen LogP contribution in [0.5, 0.6) is 0 Å². The Morgan fingerprint density at radius 3 is 3.00 bits per heavy atom. The Hall–Kier alpha value is -1.02. The van der Waals surface area contributed by atoms with Gasteiger partial charge in [-0.3, -0.25) is 0 Å². The molecule has 1 aromatic carbocycles. The highest BCUT2D eigenvalue weighted by atomic mass is 28.1. The Bertz CT molecular complexity index is 351. The van der Waals surface area contributed by atoms with Crippen LogP contribution >= 0.6 is 0 Å². The monoisotopic (exact) mass is 148 g/mol. The van der Waals surface area contributed by atoms with E-state index in [0.717, 1.165) is 15.8 Å². The van der Waals surface area contributed by atoms with E-state index >= 15 is 0 Å². The topological polar surface area (TPSA) is 13.1 Å². The van der Waals surface area contributed by atoms with Crippen LogP contribution in [0.4, 0.5) is 0 Å². The van der Waals surface area contributed by atoms with Gasteiger partial charge in [-0.2, -0.15) is 0 Å². The third kappa shape index (κ3) is 0.771. The normalized spacial score (nSPS) is 10.8. The van der Waals surface area contributed by atoms with E-state index in [0.29, 0.717) is 0 Å². The molecule has 0 aliphatic carbocycles. The molecule has 0 spiro atoms. The van der Waals surface area contributed by atoms with Crippen molar-refractivity contribution in [2.45, 2.75) is 0 Å². The van der Waals surface area contributed by atoms with Crippen LogP contribution in [0.3, 0.4) is 0 Å². The van der Waals surface area contributed by atoms with Gasteiger partial charge in [0.15, 0.2) is 0 Å². The first-order valence-electron chi connectivity index (χ1n) is 3.30. The van der Waals surface area contributed by atoms with Gasteiger partial charge in [0.2, 0.25) is 0 Å². The third-order valence-corrected chi connectivity index (χ3v) is 2.23. The summed E-state index contributed by atoms with van der Waals surface area (Å²) >= 11 is 0. The first-order chi connectivity index (χ1) is 4.86. The summed E-state index contributed by atoms with van der Waals surface area (Å²) in [5, 5.41) is 2.63. The molecular weight excluding hydrogens is 140 g/mol. The number of rotatable bonds is 0. The highest BCUT2D eigenvalue weighted by Gasteiger charge is 1.93. The van der Waals surface area contributed by atoms with Gasteiger partial charge >= 0.3 is 0 Å². The summed E-state index contributed by atoms with van der Waals surface area (Å²) in [6, 6.07) is 8.30. The summed E-state index contributed by atoms with van der Waals surface area (Å²) in [7, 11) is 1.11. The Morgan fingerprint density at radius 1 is 1.20 bits per heavy atom. The molecule has 0 aliphatic heterocycles. The molecule has 0 saturated carbocycles. The van der Waals surface area contributed by atoms with Crippen molar-refractivity contribution in [1.82, 2.24) is 0 Å². The van der Waals surface area contributed by atoms with E-state index in [1.807, 2.05) is 12.1 Å². The van der Waals surface area contributed by atoms with Crippen LogP contribution in [0.25, 0.3) is 11.0 Å². The van der Waals surface area contributed by atoms with Crippen LogP contribution in [0.2, 0.25) is 0 Å². The number of hydrogen-bond donors (Lipinski definition) is 0. The summed E-state index contributed by atoms with van der Waals surface area (Å²) < 4.78 is 5.19. The lowest BCUT2D eigenvalue weighted by Gasteiger charge is -1.89.